The molecule has 3 aromatic rings. The van der Waals surface area contributed by atoms with Crippen molar-refractivity contribution in [2.24, 2.45) is 0 Å². The summed E-state index contributed by atoms with van der Waals surface area (Å²) in [7, 11) is -4.72. The van der Waals surface area contributed by atoms with Gasteiger partial charge in [0, 0.05) is 29.4 Å². The largest absolute Gasteiger partial charge is 0.456 e. The minimum Gasteiger partial charge on any atom is -0.456 e. The molecule has 1 aliphatic heterocycles. The van der Waals surface area contributed by atoms with Crippen molar-refractivity contribution in [3.05, 3.63) is 42.5 Å². The van der Waals surface area contributed by atoms with Crippen LogP contribution in [0, 0.1) is 0 Å². The highest BCUT2D eigenvalue weighted by atomic mass is 32.3. The summed E-state index contributed by atoms with van der Waals surface area (Å²) in [5, 5.41) is 0.440. The van der Waals surface area contributed by atoms with Crippen LogP contribution in [-0.2, 0) is 15.0 Å². The van der Waals surface area contributed by atoms with Gasteiger partial charge in [0.05, 0.1) is 0 Å². The van der Waals surface area contributed by atoms with E-state index in [1.165, 1.54) is 4.90 Å². The Bertz CT molecular complexity index is 1040. The van der Waals surface area contributed by atoms with Crippen molar-refractivity contribution in [3.8, 4) is 0 Å². The van der Waals surface area contributed by atoms with Gasteiger partial charge in [0.25, 0.3) is 0 Å². The fourth-order valence-corrected chi connectivity index (χ4v) is 3.66. The number of halogens is 1. The first-order chi connectivity index (χ1) is 10.9. The van der Waals surface area contributed by atoms with E-state index in [1.54, 1.807) is 18.2 Å². The number of hydrogen-bond acceptors (Lipinski definition) is 4. The number of nitrogens with zero attached hydrogens (tertiary/aromatic N) is 1. The predicted octanol–water partition coefficient (Wildman–Crippen LogP) is 2.99. The van der Waals surface area contributed by atoms with E-state index >= 15 is 0 Å². The van der Waals surface area contributed by atoms with Crippen molar-refractivity contribution < 1.29 is 21.5 Å². The Morgan fingerprint density at radius 1 is 1.09 bits per heavy atom. The van der Waals surface area contributed by atoms with E-state index in [0.29, 0.717) is 11.3 Å². The fourth-order valence-electron chi connectivity index (χ4n) is 2.99. The van der Waals surface area contributed by atoms with Crippen LogP contribution in [0.1, 0.15) is 6.42 Å². The second-order valence-corrected chi connectivity index (χ2v) is 7.20. The van der Waals surface area contributed by atoms with E-state index in [2.05, 4.69) is 0 Å². The molecule has 23 heavy (non-hydrogen) atoms. The highest BCUT2D eigenvalue weighted by Crippen LogP contribution is 2.33. The SMILES string of the molecule is O=C1CC(S(=O)(=O)F)CN1c1ccc2oc3ccccc3c2c1. The lowest BCUT2D eigenvalue weighted by Crippen LogP contribution is -2.26. The lowest BCUT2D eigenvalue weighted by Gasteiger charge is -2.16. The molecule has 0 radical (unpaired) electrons. The third-order valence-electron chi connectivity index (χ3n) is 4.16. The Morgan fingerprint density at radius 2 is 1.83 bits per heavy atom. The Kier molecular flexibility index (Phi) is 2.96. The summed E-state index contributed by atoms with van der Waals surface area (Å²) in [6.45, 7) is -0.168. The van der Waals surface area contributed by atoms with Gasteiger partial charge in [-0.3, -0.25) is 4.79 Å². The van der Waals surface area contributed by atoms with Gasteiger partial charge < -0.3 is 9.32 Å². The maximum atomic E-state index is 13.1. The number of carbonyl (C=O) groups is 1. The fraction of sp³-hybridized carbons (Fsp3) is 0.188. The summed E-state index contributed by atoms with van der Waals surface area (Å²) in [5.41, 5.74) is 1.95. The first-order valence-corrected chi connectivity index (χ1v) is 8.53. The molecule has 5 nitrogen and oxygen atoms in total. The molecule has 1 unspecified atom stereocenters. The number of rotatable bonds is 2. The van der Waals surface area contributed by atoms with Crippen LogP contribution in [0.2, 0.25) is 0 Å². The first kappa shape index (κ1) is 14.2. The highest BCUT2D eigenvalue weighted by molar-refractivity contribution is 7.87. The van der Waals surface area contributed by atoms with Gasteiger partial charge in [0.15, 0.2) is 0 Å². The molecule has 1 saturated heterocycles. The summed E-state index contributed by atoms with van der Waals surface area (Å²) in [4.78, 5) is 13.3. The molecule has 0 saturated carbocycles. The molecule has 2 aromatic carbocycles. The van der Waals surface area contributed by atoms with E-state index in [4.69, 9.17) is 4.42 Å². The van der Waals surface area contributed by atoms with Crippen LogP contribution in [0.3, 0.4) is 0 Å². The summed E-state index contributed by atoms with van der Waals surface area (Å²) in [5.74, 6) is -0.400. The number of hydrogen-bond donors (Lipinski definition) is 0. The number of furan rings is 1. The number of para-hydroxylation sites is 1. The lowest BCUT2D eigenvalue weighted by molar-refractivity contribution is -0.117. The zero-order valence-electron chi connectivity index (χ0n) is 11.9. The van der Waals surface area contributed by atoms with E-state index in [1.807, 2.05) is 24.3 Å². The van der Waals surface area contributed by atoms with Crippen LogP contribution < -0.4 is 4.90 Å². The van der Waals surface area contributed by atoms with Crippen molar-refractivity contribution in [1.82, 2.24) is 0 Å². The second kappa shape index (κ2) is 4.79. The molecule has 0 aliphatic carbocycles. The van der Waals surface area contributed by atoms with Gasteiger partial charge in [0.1, 0.15) is 16.4 Å². The maximum absolute atomic E-state index is 13.1. The van der Waals surface area contributed by atoms with E-state index in [9.17, 15) is 17.1 Å². The molecule has 1 aliphatic rings. The quantitative estimate of drug-likeness (QED) is 0.676. The van der Waals surface area contributed by atoms with Crippen molar-refractivity contribution in [3.63, 3.8) is 0 Å². The molecule has 118 valence electrons. The maximum Gasteiger partial charge on any atom is 0.307 e. The Morgan fingerprint density at radius 3 is 2.57 bits per heavy atom. The van der Waals surface area contributed by atoms with Crippen molar-refractivity contribution in [2.45, 2.75) is 11.7 Å². The highest BCUT2D eigenvalue weighted by Gasteiger charge is 2.39. The lowest BCUT2D eigenvalue weighted by atomic mass is 10.1. The number of amides is 1. The Labute approximate surface area is 131 Å². The zero-order chi connectivity index (χ0) is 16.2. The molecule has 2 heterocycles. The normalized spacial score (nSPS) is 19.1. The average molecular weight is 333 g/mol. The average Bonchev–Trinajstić information content (AvgIpc) is 3.07. The van der Waals surface area contributed by atoms with Crippen LogP contribution >= 0.6 is 0 Å². The van der Waals surface area contributed by atoms with Gasteiger partial charge in [-0.1, -0.05) is 18.2 Å². The molecular formula is C16H12FNO4S. The molecule has 7 heteroatoms. The molecule has 1 amide bonds. The number of fused-ring (bicyclic) bond motifs is 3. The summed E-state index contributed by atoms with van der Waals surface area (Å²) in [6.07, 6.45) is -0.330. The van der Waals surface area contributed by atoms with Crippen LogP contribution in [0.4, 0.5) is 9.57 Å². The van der Waals surface area contributed by atoms with Gasteiger partial charge in [-0.15, -0.1) is 3.89 Å². The van der Waals surface area contributed by atoms with Crippen LogP contribution in [0.25, 0.3) is 21.9 Å². The second-order valence-electron chi connectivity index (χ2n) is 5.58. The Balaban J connectivity index is 1.80. The molecule has 1 aromatic heterocycles. The molecule has 0 spiro atoms. The summed E-state index contributed by atoms with van der Waals surface area (Å²) < 4.78 is 40.9. The van der Waals surface area contributed by atoms with Crippen LogP contribution in [0.15, 0.2) is 46.9 Å². The van der Waals surface area contributed by atoms with Gasteiger partial charge in [-0.25, -0.2) is 0 Å². The van der Waals surface area contributed by atoms with Gasteiger partial charge in [0.2, 0.25) is 5.91 Å². The van der Waals surface area contributed by atoms with E-state index in [0.717, 1.165) is 16.4 Å². The van der Waals surface area contributed by atoms with Crippen molar-refractivity contribution >= 4 is 43.8 Å². The standard InChI is InChI=1S/C16H12FNO4S/c17-23(20,21)11-8-16(19)18(9-11)10-5-6-15-13(7-10)12-3-1-2-4-14(12)22-15/h1-7,11H,8-9H2. The monoisotopic (exact) mass is 333 g/mol. The van der Waals surface area contributed by atoms with Crippen LogP contribution in [-0.4, -0.2) is 26.1 Å². The van der Waals surface area contributed by atoms with E-state index < -0.39 is 21.4 Å². The van der Waals surface area contributed by atoms with E-state index in [-0.39, 0.29) is 13.0 Å². The molecule has 0 N–H and O–H groups in total. The molecular weight excluding hydrogens is 321 g/mol. The molecule has 1 fully saturated rings. The van der Waals surface area contributed by atoms with Gasteiger partial charge >= 0.3 is 10.2 Å². The first-order valence-electron chi connectivity index (χ1n) is 7.08. The molecule has 1 atom stereocenters. The van der Waals surface area contributed by atoms with Gasteiger partial charge in [-0.05, 0) is 24.3 Å². The van der Waals surface area contributed by atoms with Crippen molar-refractivity contribution in [2.75, 3.05) is 11.4 Å². The topological polar surface area (TPSA) is 67.6 Å². The molecule has 4 rings (SSSR count). The summed E-state index contributed by atoms with van der Waals surface area (Å²) >= 11 is 0. The van der Waals surface area contributed by atoms with Crippen molar-refractivity contribution in [1.29, 1.82) is 0 Å². The van der Waals surface area contributed by atoms with Crippen LogP contribution in [0.5, 0.6) is 0 Å². The number of carbonyl (C=O) groups excluding carboxylic acids is 1. The molecule has 0 bridgehead atoms. The predicted molar refractivity (Wildman–Crippen MR) is 84.5 cm³/mol. The minimum atomic E-state index is -4.72. The number of anilines is 1. The van der Waals surface area contributed by atoms with Gasteiger partial charge in [-0.2, -0.15) is 8.42 Å². The third-order valence-corrected chi connectivity index (χ3v) is 5.27. The third kappa shape index (κ3) is 2.28. The smallest absolute Gasteiger partial charge is 0.307 e. The minimum absolute atomic E-state index is 0.168. The zero-order valence-corrected chi connectivity index (χ0v) is 12.7. The Hall–Kier alpha value is -2.41. The number of benzene rings is 2. The summed E-state index contributed by atoms with van der Waals surface area (Å²) in [6, 6.07) is 12.7.